The van der Waals surface area contributed by atoms with Crippen LogP contribution in [0.1, 0.15) is 96.8 Å². The van der Waals surface area contributed by atoms with E-state index in [4.69, 9.17) is 23.7 Å². The molecule has 0 aliphatic heterocycles. The summed E-state index contributed by atoms with van der Waals surface area (Å²) in [6.07, 6.45) is 23.2. The van der Waals surface area contributed by atoms with Gasteiger partial charge in [0.05, 0.1) is 0 Å². The van der Waals surface area contributed by atoms with Crippen LogP contribution in [0.5, 0.6) is 0 Å². The topological polar surface area (TPSA) is 76.4 Å². The predicted octanol–water partition coefficient (Wildman–Crippen LogP) is 5.17. The van der Waals surface area contributed by atoms with E-state index in [1.807, 2.05) is 0 Å². The Morgan fingerprint density at radius 3 is 1.80 bits per heavy atom. The standard InChI is InChI=1S/C20H40N4S/c1-2-3-4-5-6-7-8-9-10-11-12-13-14-15-16-17-18-23-20(25)24-19(21)22/h9-10H,2-8,11-18H2,1H3,(H5,21,22,23,24,25)/b10-9+. The Morgan fingerprint density at radius 1 is 0.800 bits per heavy atom. The zero-order chi connectivity index (χ0) is 18.6. The van der Waals surface area contributed by atoms with Crippen molar-refractivity contribution in [3.05, 3.63) is 12.2 Å². The molecule has 0 saturated carbocycles. The van der Waals surface area contributed by atoms with Gasteiger partial charge in [0.25, 0.3) is 0 Å². The predicted molar refractivity (Wildman–Crippen MR) is 116 cm³/mol. The van der Waals surface area contributed by atoms with Gasteiger partial charge >= 0.3 is 0 Å². The van der Waals surface area contributed by atoms with Crippen molar-refractivity contribution in [2.75, 3.05) is 6.54 Å². The van der Waals surface area contributed by atoms with Crippen molar-refractivity contribution in [1.29, 1.82) is 0 Å². The minimum absolute atomic E-state index is 0.0125. The van der Waals surface area contributed by atoms with Gasteiger partial charge in [-0.15, -0.1) is 0 Å². The molecule has 5 N–H and O–H groups in total. The monoisotopic (exact) mass is 368 g/mol. The molecule has 0 atom stereocenters. The smallest absolute Gasteiger partial charge is 0.196 e. The molecule has 0 aromatic heterocycles. The molecule has 25 heavy (non-hydrogen) atoms. The quantitative estimate of drug-likeness (QED) is 0.115. The maximum atomic E-state index is 5.25. The van der Waals surface area contributed by atoms with Gasteiger partial charge in [-0.05, 0) is 44.3 Å². The maximum Gasteiger partial charge on any atom is 0.196 e. The highest BCUT2D eigenvalue weighted by Gasteiger charge is 1.94. The molecule has 0 aromatic rings. The molecule has 0 radical (unpaired) electrons. The number of unbranched alkanes of at least 4 members (excludes halogenated alkanes) is 12. The number of thiocarbonyl (C=S) groups is 1. The molecule has 0 rings (SSSR count). The van der Waals surface area contributed by atoms with Crippen LogP contribution in [0, 0.1) is 0 Å². The molecule has 0 bridgehead atoms. The maximum absolute atomic E-state index is 5.25. The number of hydrogen-bond donors (Lipinski definition) is 3. The van der Waals surface area contributed by atoms with Crippen molar-refractivity contribution in [2.45, 2.75) is 96.8 Å². The van der Waals surface area contributed by atoms with Crippen LogP contribution in [0.4, 0.5) is 0 Å². The van der Waals surface area contributed by atoms with Crippen LogP contribution in [-0.2, 0) is 0 Å². The van der Waals surface area contributed by atoms with Crippen LogP contribution in [0.15, 0.2) is 17.1 Å². The number of rotatable bonds is 16. The van der Waals surface area contributed by atoms with Crippen molar-refractivity contribution in [3.63, 3.8) is 0 Å². The molecular weight excluding hydrogens is 328 g/mol. The number of nitrogens with one attached hydrogen (secondary N) is 1. The summed E-state index contributed by atoms with van der Waals surface area (Å²) in [7, 11) is 0. The zero-order valence-electron chi connectivity index (χ0n) is 16.3. The molecule has 0 aliphatic rings. The molecule has 0 spiro atoms. The summed E-state index contributed by atoms with van der Waals surface area (Å²) < 4.78 is 0. The first-order valence-electron chi connectivity index (χ1n) is 10.2. The summed E-state index contributed by atoms with van der Waals surface area (Å²) in [4.78, 5) is 3.77. The molecule has 0 unspecified atom stereocenters. The Kier molecular flexibility index (Phi) is 18.4. The SMILES string of the molecule is CCCCCCCC/C=C/CCCCCCCCNC(=S)N=C(N)N. The van der Waals surface area contributed by atoms with E-state index in [2.05, 4.69) is 29.4 Å². The second-order valence-electron chi connectivity index (χ2n) is 6.71. The number of nitrogens with two attached hydrogens (primary N) is 2. The Balaban J connectivity index is 3.19. The Hall–Kier alpha value is -1.10. The van der Waals surface area contributed by atoms with Crippen molar-refractivity contribution in [3.8, 4) is 0 Å². The van der Waals surface area contributed by atoms with Crippen molar-refractivity contribution < 1.29 is 0 Å². The van der Waals surface area contributed by atoms with Crippen molar-refractivity contribution >= 4 is 23.3 Å². The van der Waals surface area contributed by atoms with E-state index in [-0.39, 0.29) is 5.96 Å². The van der Waals surface area contributed by atoms with Crippen LogP contribution in [0.3, 0.4) is 0 Å². The van der Waals surface area contributed by atoms with Gasteiger partial charge in [0.1, 0.15) is 0 Å². The van der Waals surface area contributed by atoms with Gasteiger partial charge in [-0.2, -0.15) is 4.99 Å². The summed E-state index contributed by atoms with van der Waals surface area (Å²) >= 11 is 4.98. The van der Waals surface area contributed by atoms with Gasteiger partial charge in [0.15, 0.2) is 11.1 Å². The molecule has 0 fully saturated rings. The van der Waals surface area contributed by atoms with Crippen molar-refractivity contribution in [1.82, 2.24) is 5.32 Å². The molecule has 0 saturated heterocycles. The first-order valence-corrected chi connectivity index (χ1v) is 10.6. The lowest BCUT2D eigenvalue weighted by Crippen LogP contribution is -2.28. The second kappa shape index (κ2) is 19.2. The van der Waals surface area contributed by atoms with E-state index < -0.39 is 0 Å². The zero-order valence-corrected chi connectivity index (χ0v) is 17.1. The number of allylic oxidation sites excluding steroid dienone is 2. The number of hydrogen-bond acceptors (Lipinski definition) is 1. The van der Waals surface area contributed by atoms with E-state index in [9.17, 15) is 0 Å². The highest BCUT2D eigenvalue weighted by atomic mass is 32.1. The highest BCUT2D eigenvalue weighted by Crippen LogP contribution is 2.09. The lowest BCUT2D eigenvalue weighted by Gasteiger charge is -2.04. The molecule has 5 heteroatoms. The number of aliphatic imine (C=N–C) groups is 1. The van der Waals surface area contributed by atoms with Gasteiger partial charge < -0.3 is 16.8 Å². The lowest BCUT2D eigenvalue weighted by molar-refractivity contribution is 0.592. The highest BCUT2D eigenvalue weighted by molar-refractivity contribution is 7.80. The minimum atomic E-state index is 0.0125. The molecule has 4 nitrogen and oxygen atoms in total. The fourth-order valence-electron chi connectivity index (χ4n) is 2.72. The van der Waals surface area contributed by atoms with Gasteiger partial charge in [-0.3, -0.25) is 0 Å². The molecule has 0 amide bonds. The summed E-state index contributed by atoms with van der Waals surface area (Å²) in [6.45, 7) is 3.11. The minimum Gasteiger partial charge on any atom is -0.370 e. The van der Waals surface area contributed by atoms with Gasteiger partial charge in [-0.25, -0.2) is 0 Å². The van der Waals surface area contributed by atoms with Crippen LogP contribution in [-0.4, -0.2) is 17.6 Å². The van der Waals surface area contributed by atoms with Crippen molar-refractivity contribution in [2.24, 2.45) is 16.5 Å². The summed E-state index contributed by atoms with van der Waals surface area (Å²) in [5, 5.41) is 3.42. The van der Waals surface area contributed by atoms with E-state index in [0.717, 1.165) is 13.0 Å². The molecule has 0 aromatic carbocycles. The Morgan fingerprint density at radius 2 is 1.28 bits per heavy atom. The van der Waals surface area contributed by atoms with Crippen LogP contribution in [0.2, 0.25) is 0 Å². The fourth-order valence-corrected chi connectivity index (χ4v) is 2.93. The van der Waals surface area contributed by atoms with E-state index in [0.29, 0.717) is 5.11 Å². The van der Waals surface area contributed by atoms with Crippen LogP contribution in [0.25, 0.3) is 0 Å². The average Bonchev–Trinajstić information content (AvgIpc) is 2.57. The summed E-state index contributed by atoms with van der Waals surface area (Å²) in [5.74, 6) is 0.0125. The third kappa shape index (κ3) is 20.9. The number of guanidine groups is 1. The fraction of sp³-hybridized carbons (Fsp3) is 0.800. The van der Waals surface area contributed by atoms with Gasteiger partial charge in [0.2, 0.25) is 0 Å². The van der Waals surface area contributed by atoms with E-state index in [1.54, 1.807) is 0 Å². The van der Waals surface area contributed by atoms with E-state index >= 15 is 0 Å². The van der Waals surface area contributed by atoms with Gasteiger partial charge in [0, 0.05) is 6.54 Å². The summed E-state index contributed by atoms with van der Waals surface area (Å²) in [5.41, 5.74) is 10.5. The molecule has 0 heterocycles. The molecular formula is C20H40N4S. The first-order chi connectivity index (χ1) is 12.2. The second-order valence-corrected chi connectivity index (χ2v) is 7.09. The number of nitrogens with zero attached hydrogens (tertiary/aromatic N) is 1. The van der Waals surface area contributed by atoms with Gasteiger partial charge in [-0.1, -0.05) is 76.9 Å². The van der Waals surface area contributed by atoms with Crippen LogP contribution < -0.4 is 16.8 Å². The first kappa shape index (κ1) is 23.9. The third-order valence-electron chi connectivity index (χ3n) is 4.20. The molecule has 0 aliphatic carbocycles. The summed E-state index contributed by atoms with van der Waals surface area (Å²) in [6, 6.07) is 0. The lowest BCUT2D eigenvalue weighted by atomic mass is 10.1. The van der Waals surface area contributed by atoms with E-state index in [1.165, 1.54) is 83.5 Å². The Bertz CT molecular complexity index is 363. The third-order valence-corrected chi connectivity index (χ3v) is 4.43. The van der Waals surface area contributed by atoms with Crippen LogP contribution >= 0.6 is 12.2 Å². The Labute approximate surface area is 160 Å². The average molecular weight is 369 g/mol. The molecule has 146 valence electrons. The largest absolute Gasteiger partial charge is 0.370 e. The normalized spacial score (nSPS) is 10.9.